The third-order valence-corrected chi connectivity index (χ3v) is 4.14. The van der Waals surface area contributed by atoms with Gasteiger partial charge in [0.25, 0.3) is 5.56 Å². The Bertz CT molecular complexity index is 633. The summed E-state index contributed by atoms with van der Waals surface area (Å²) in [7, 11) is 0. The van der Waals surface area contributed by atoms with Crippen molar-refractivity contribution in [2.45, 2.75) is 39.7 Å². The van der Waals surface area contributed by atoms with Crippen LogP contribution >= 0.6 is 22.9 Å². The summed E-state index contributed by atoms with van der Waals surface area (Å²) in [6, 6.07) is 1.34. The Hall–Kier alpha value is -1.20. The first-order valence-electron chi connectivity index (χ1n) is 6.21. The van der Waals surface area contributed by atoms with E-state index in [1.165, 1.54) is 6.07 Å². The fourth-order valence-corrected chi connectivity index (χ4v) is 2.80. The molecule has 2 rings (SSSR count). The molecule has 4 nitrogen and oxygen atoms in total. The zero-order chi connectivity index (χ0) is 14.0. The van der Waals surface area contributed by atoms with Gasteiger partial charge >= 0.3 is 0 Å². The van der Waals surface area contributed by atoms with E-state index in [9.17, 15) is 4.79 Å². The predicted molar refractivity (Wildman–Crippen MR) is 78.2 cm³/mol. The molecular weight excluding hydrogens is 282 g/mol. The number of hydrogen-bond acceptors (Lipinski definition) is 4. The Morgan fingerprint density at radius 1 is 1.42 bits per heavy atom. The molecule has 0 atom stereocenters. The van der Waals surface area contributed by atoms with Crippen LogP contribution in [0.15, 0.2) is 16.2 Å². The van der Waals surface area contributed by atoms with Gasteiger partial charge in [-0.15, -0.1) is 11.3 Å². The van der Waals surface area contributed by atoms with Crippen molar-refractivity contribution in [2.24, 2.45) is 0 Å². The van der Waals surface area contributed by atoms with Crippen LogP contribution in [-0.4, -0.2) is 14.5 Å². The fourth-order valence-electron chi connectivity index (χ4n) is 1.78. The predicted octanol–water partition coefficient (Wildman–Crippen LogP) is 3.09. The van der Waals surface area contributed by atoms with Crippen molar-refractivity contribution < 1.29 is 0 Å². The molecule has 0 N–H and O–H groups in total. The Morgan fingerprint density at radius 3 is 2.74 bits per heavy atom. The highest BCUT2D eigenvalue weighted by atomic mass is 35.5. The molecule has 0 saturated heterocycles. The molecule has 0 aliphatic carbocycles. The van der Waals surface area contributed by atoms with Crippen LogP contribution < -0.4 is 5.56 Å². The van der Waals surface area contributed by atoms with Gasteiger partial charge in [-0.3, -0.25) is 9.36 Å². The lowest BCUT2D eigenvalue weighted by Crippen LogP contribution is -2.25. The highest BCUT2D eigenvalue weighted by Gasteiger charge is 2.10. The van der Waals surface area contributed by atoms with Crippen molar-refractivity contribution in [1.82, 2.24) is 14.5 Å². The molecule has 0 radical (unpaired) electrons. The second-order valence-electron chi connectivity index (χ2n) is 4.60. The lowest BCUT2D eigenvalue weighted by molar-refractivity contribution is 0.662. The van der Waals surface area contributed by atoms with Gasteiger partial charge in [0.1, 0.15) is 11.0 Å². The molecule has 0 fully saturated rings. The van der Waals surface area contributed by atoms with Gasteiger partial charge in [-0.2, -0.15) is 0 Å². The molecule has 0 amide bonds. The van der Waals surface area contributed by atoms with Gasteiger partial charge in [0.15, 0.2) is 0 Å². The molecular formula is C13H16ClN3OS. The van der Waals surface area contributed by atoms with Gasteiger partial charge in [0, 0.05) is 23.8 Å². The van der Waals surface area contributed by atoms with Gasteiger partial charge < -0.3 is 0 Å². The van der Waals surface area contributed by atoms with E-state index in [-0.39, 0.29) is 10.7 Å². The molecule has 0 spiro atoms. The molecule has 19 heavy (non-hydrogen) atoms. The SMILES string of the molecule is CCc1nc(Cl)cc(=O)n1Cc1csc(C(C)C)n1. The van der Waals surface area contributed by atoms with Crippen LogP contribution in [0.5, 0.6) is 0 Å². The van der Waals surface area contributed by atoms with E-state index in [1.54, 1.807) is 15.9 Å². The van der Waals surface area contributed by atoms with Crippen molar-refractivity contribution in [3.8, 4) is 0 Å². The van der Waals surface area contributed by atoms with Crippen LogP contribution in [0, 0.1) is 0 Å². The lowest BCUT2D eigenvalue weighted by Gasteiger charge is -2.09. The standard InChI is InChI=1S/C13H16ClN3OS/c1-4-11-16-10(14)5-12(18)17(11)6-9-7-19-13(15-9)8(2)3/h5,7-8H,4,6H2,1-3H3. The summed E-state index contributed by atoms with van der Waals surface area (Å²) in [5.74, 6) is 1.10. The minimum Gasteiger partial charge on any atom is -0.290 e. The number of halogens is 1. The van der Waals surface area contributed by atoms with E-state index in [2.05, 4.69) is 23.8 Å². The van der Waals surface area contributed by atoms with E-state index < -0.39 is 0 Å². The maximum absolute atomic E-state index is 12.0. The van der Waals surface area contributed by atoms with Gasteiger partial charge in [0.05, 0.1) is 17.2 Å². The first kappa shape index (κ1) is 14.2. The Labute approximate surface area is 121 Å². The van der Waals surface area contributed by atoms with Gasteiger partial charge in [0.2, 0.25) is 0 Å². The van der Waals surface area contributed by atoms with Crippen molar-refractivity contribution >= 4 is 22.9 Å². The van der Waals surface area contributed by atoms with Crippen LogP contribution in [-0.2, 0) is 13.0 Å². The van der Waals surface area contributed by atoms with E-state index in [0.29, 0.717) is 24.7 Å². The fraction of sp³-hybridized carbons (Fsp3) is 0.462. The van der Waals surface area contributed by atoms with Crippen LogP contribution in [0.4, 0.5) is 0 Å². The zero-order valence-corrected chi connectivity index (χ0v) is 12.8. The second-order valence-corrected chi connectivity index (χ2v) is 5.88. The Morgan fingerprint density at radius 2 is 2.16 bits per heavy atom. The normalized spacial score (nSPS) is 11.2. The molecule has 0 unspecified atom stereocenters. The zero-order valence-electron chi connectivity index (χ0n) is 11.2. The summed E-state index contributed by atoms with van der Waals surface area (Å²) in [4.78, 5) is 20.7. The van der Waals surface area contributed by atoms with E-state index >= 15 is 0 Å². The Balaban J connectivity index is 2.34. The largest absolute Gasteiger partial charge is 0.290 e. The average molecular weight is 298 g/mol. The second kappa shape index (κ2) is 5.84. The summed E-state index contributed by atoms with van der Waals surface area (Å²) < 4.78 is 1.63. The molecule has 2 aromatic rings. The molecule has 2 aromatic heterocycles. The van der Waals surface area contributed by atoms with Crippen molar-refractivity contribution in [3.05, 3.63) is 43.5 Å². The monoisotopic (exact) mass is 297 g/mol. The minimum absolute atomic E-state index is 0.129. The Kier molecular flexibility index (Phi) is 4.37. The maximum atomic E-state index is 12.0. The van der Waals surface area contributed by atoms with Crippen molar-refractivity contribution in [3.63, 3.8) is 0 Å². The first-order valence-corrected chi connectivity index (χ1v) is 7.47. The quantitative estimate of drug-likeness (QED) is 0.815. The molecule has 0 saturated carbocycles. The van der Waals surface area contributed by atoms with Crippen LogP contribution in [0.25, 0.3) is 0 Å². The number of nitrogens with zero attached hydrogens (tertiary/aromatic N) is 3. The molecule has 0 aliphatic heterocycles. The third kappa shape index (κ3) is 3.22. The molecule has 0 aliphatic rings. The van der Waals surface area contributed by atoms with Crippen molar-refractivity contribution in [1.29, 1.82) is 0 Å². The number of aryl methyl sites for hydroxylation is 1. The van der Waals surface area contributed by atoms with Gasteiger partial charge in [-0.25, -0.2) is 9.97 Å². The summed E-state index contributed by atoms with van der Waals surface area (Å²) in [6.07, 6.45) is 0.664. The molecule has 6 heteroatoms. The summed E-state index contributed by atoms with van der Waals surface area (Å²) in [5.41, 5.74) is 0.769. The lowest BCUT2D eigenvalue weighted by atomic mass is 10.2. The highest BCUT2D eigenvalue weighted by molar-refractivity contribution is 7.09. The van der Waals surface area contributed by atoms with Gasteiger partial charge in [-0.05, 0) is 0 Å². The smallest absolute Gasteiger partial charge is 0.255 e. The number of rotatable bonds is 4. The number of hydrogen-bond donors (Lipinski definition) is 0. The van der Waals surface area contributed by atoms with Gasteiger partial charge in [-0.1, -0.05) is 32.4 Å². The van der Waals surface area contributed by atoms with Crippen molar-refractivity contribution in [2.75, 3.05) is 0 Å². The third-order valence-electron chi connectivity index (χ3n) is 2.76. The maximum Gasteiger partial charge on any atom is 0.255 e. The number of aromatic nitrogens is 3. The summed E-state index contributed by atoms with van der Waals surface area (Å²) in [6.45, 7) is 6.62. The van der Waals surface area contributed by atoms with E-state index in [1.807, 2.05) is 12.3 Å². The summed E-state index contributed by atoms with van der Waals surface area (Å²) >= 11 is 7.44. The molecule has 0 aromatic carbocycles. The topological polar surface area (TPSA) is 47.8 Å². The average Bonchev–Trinajstić information content (AvgIpc) is 2.81. The van der Waals surface area contributed by atoms with E-state index in [4.69, 9.17) is 11.6 Å². The summed E-state index contributed by atoms with van der Waals surface area (Å²) in [5, 5.41) is 3.33. The van der Waals surface area contributed by atoms with Crippen LogP contribution in [0.2, 0.25) is 5.15 Å². The number of thiazole rings is 1. The minimum atomic E-state index is -0.129. The molecule has 102 valence electrons. The molecule has 2 heterocycles. The first-order chi connectivity index (χ1) is 9.01. The molecule has 0 bridgehead atoms. The highest BCUT2D eigenvalue weighted by Crippen LogP contribution is 2.19. The van der Waals surface area contributed by atoms with Crippen LogP contribution in [0.3, 0.4) is 0 Å². The van der Waals surface area contributed by atoms with Crippen LogP contribution in [0.1, 0.15) is 43.2 Å². The van der Waals surface area contributed by atoms with E-state index in [0.717, 1.165) is 10.7 Å².